The molecule has 2 aliphatic carbocycles. The fourth-order valence-electron chi connectivity index (χ4n) is 9.58. The highest BCUT2D eigenvalue weighted by Crippen LogP contribution is 2.82. The quantitative estimate of drug-likeness (QED) is 0.180. The lowest BCUT2D eigenvalue weighted by molar-refractivity contribution is -0.120. The maximum atomic E-state index is 12.5. The van der Waals surface area contributed by atoms with Gasteiger partial charge in [0.05, 0.1) is 17.5 Å². The summed E-state index contributed by atoms with van der Waals surface area (Å²) >= 11 is 0. The van der Waals surface area contributed by atoms with Crippen molar-refractivity contribution in [3.63, 3.8) is 0 Å². The highest BCUT2D eigenvalue weighted by molar-refractivity contribution is 7.77. The van der Waals surface area contributed by atoms with Crippen LogP contribution in [0.5, 0.6) is 0 Å². The second-order valence-corrected chi connectivity index (χ2v) is 19.0. The van der Waals surface area contributed by atoms with Gasteiger partial charge in [-0.15, -0.1) is 0 Å². The summed E-state index contributed by atoms with van der Waals surface area (Å²) in [4.78, 5) is 12.5. The fourth-order valence-corrected chi connectivity index (χ4v) is 15.9. The molecule has 2 heterocycles. The van der Waals surface area contributed by atoms with Crippen molar-refractivity contribution in [2.75, 3.05) is 12.8 Å². The third-order valence-corrected chi connectivity index (χ3v) is 16.9. The first-order valence-corrected chi connectivity index (χ1v) is 17.6. The number of carbonyl (C=O) groups excluding carboxylic acids is 1. The van der Waals surface area contributed by atoms with Crippen LogP contribution in [0.25, 0.3) is 0 Å². The Balaban J connectivity index is 1.45. The van der Waals surface area contributed by atoms with Crippen LogP contribution in [0.1, 0.15) is 125 Å². The molecule has 0 N–H and O–H groups in total. The van der Waals surface area contributed by atoms with Crippen LogP contribution in [0.15, 0.2) is 11.6 Å². The Morgan fingerprint density at radius 1 is 1.00 bits per heavy atom. The number of hydrogen-bond acceptors (Lipinski definition) is 1. The largest absolute Gasteiger partial charge is 0.300 e. The summed E-state index contributed by atoms with van der Waals surface area (Å²) in [5.74, 6) is 3.48. The number of carbonyl (C=O) groups is 1. The second kappa shape index (κ2) is 10.3. The van der Waals surface area contributed by atoms with Crippen molar-refractivity contribution in [2.45, 2.75) is 136 Å². The van der Waals surface area contributed by atoms with Crippen molar-refractivity contribution in [3.8, 4) is 0 Å². The van der Waals surface area contributed by atoms with E-state index in [4.69, 9.17) is 0 Å². The van der Waals surface area contributed by atoms with E-state index >= 15 is 0 Å². The lowest BCUT2D eigenvalue weighted by Crippen LogP contribution is -2.51. The predicted octanol–water partition coefficient (Wildman–Crippen LogP) is 9.55. The topological polar surface area (TPSA) is 17.1 Å². The molecular formula is C32H56OP+. The molecule has 4 rings (SSSR count). The van der Waals surface area contributed by atoms with Crippen molar-refractivity contribution in [1.29, 1.82) is 0 Å². The lowest BCUT2D eigenvalue weighted by Gasteiger charge is -2.58. The van der Waals surface area contributed by atoms with Gasteiger partial charge in [0.15, 0.2) is 0 Å². The molecule has 2 heteroatoms. The number of unbranched alkanes of at least 4 members (excludes halogenated alkanes) is 1. The molecule has 2 saturated carbocycles. The highest BCUT2D eigenvalue weighted by Gasteiger charge is 2.68. The molecule has 1 saturated heterocycles. The van der Waals surface area contributed by atoms with Crippen molar-refractivity contribution < 1.29 is 4.79 Å². The molecule has 0 aromatic heterocycles. The van der Waals surface area contributed by atoms with Crippen molar-refractivity contribution in [1.82, 2.24) is 0 Å². The van der Waals surface area contributed by atoms with E-state index in [1.165, 1.54) is 76.8 Å². The zero-order valence-corrected chi connectivity index (χ0v) is 24.7. The van der Waals surface area contributed by atoms with E-state index < -0.39 is 7.26 Å². The van der Waals surface area contributed by atoms with Gasteiger partial charge in [0.25, 0.3) is 0 Å². The van der Waals surface area contributed by atoms with Crippen LogP contribution >= 0.6 is 7.26 Å². The third kappa shape index (κ3) is 5.00. The third-order valence-electron chi connectivity index (χ3n) is 11.4. The maximum absolute atomic E-state index is 12.5. The molecule has 2 aliphatic heterocycles. The van der Waals surface area contributed by atoms with Crippen molar-refractivity contribution in [3.05, 3.63) is 11.6 Å². The van der Waals surface area contributed by atoms with Gasteiger partial charge in [-0.3, -0.25) is 4.79 Å². The molecule has 0 bridgehead atoms. The molecule has 0 radical (unpaired) electrons. The Hall–Kier alpha value is -0.160. The molecule has 0 aromatic carbocycles. The molecule has 4 aliphatic rings. The number of rotatable bonds is 9. The van der Waals surface area contributed by atoms with Crippen molar-refractivity contribution in [2.24, 2.45) is 34.5 Å². The molecule has 0 spiro atoms. The van der Waals surface area contributed by atoms with Gasteiger partial charge < -0.3 is 0 Å². The Morgan fingerprint density at radius 2 is 1.76 bits per heavy atom. The van der Waals surface area contributed by atoms with Gasteiger partial charge in [0, 0.05) is 37.6 Å². The standard InChI is InChI=1S/C32H56OP/c1-23(2)10-8-9-11-26-12-13-29-31(26,5)18-15-30-32(6)17-14-25(22-28(33)20-24(3)4)21-27(32)16-19-34(29,30)7/h16,23-26,29-30H,8-15,17-22H2,1-7H3/q+1. The van der Waals surface area contributed by atoms with Gasteiger partial charge in [-0.2, -0.15) is 0 Å². The minimum Gasteiger partial charge on any atom is -0.300 e. The predicted molar refractivity (Wildman–Crippen MR) is 151 cm³/mol. The van der Waals surface area contributed by atoms with Crippen LogP contribution in [0.4, 0.5) is 0 Å². The zero-order valence-electron chi connectivity index (χ0n) is 23.8. The number of fused-ring (bicyclic) bond motifs is 5. The van der Waals surface area contributed by atoms with Crippen LogP contribution in [-0.2, 0) is 4.79 Å². The van der Waals surface area contributed by atoms with Crippen LogP contribution in [-0.4, -0.2) is 29.9 Å². The highest BCUT2D eigenvalue weighted by atomic mass is 31.2. The second-order valence-electron chi connectivity index (χ2n) is 14.7. The smallest absolute Gasteiger partial charge is 0.133 e. The van der Waals surface area contributed by atoms with E-state index in [1.54, 1.807) is 5.57 Å². The van der Waals surface area contributed by atoms with E-state index in [9.17, 15) is 4.79 Å². The zero-order chi connectivity index (χ0) is 24.7. The molecule has 3 fully saturated rings. The van der Waals surface area contributed by atoms with E-state index in [0.29, 0.717) is 28.4 Å². The maximum Gasteiger partial charge on any atom is 0.133 e. The van der Waals surface area contributed by atoms with Crippen LogP contribution in [0.2, 0.25) is 0 Å². The number of allylic oxidation sites excluding steroid dienone is 2. The Labute approximate surface area is 213 Å². The van der Waals surface area contributed by atoms with Crippen LogP contribution in [0, 0.1) is 34.5 Å². The first kappa shape index (κ1) is 26.9. The number of hydrogen-bond donors (Lipinski definition) is 0. The summed E-state index contributed by atoms with van der Waals surface area (Å²) < 4.78 is 0. The molecule has 0 aromatic rings. The average Bonchev–Trinajstić information content (AvgIpc) is 3.08. The van der Waals surface area contributed by atoms with Gasteiger partial charge in [0.1, 0.15) is 5.78 Å². The molecule has 0 amide bonds. The normalized spacial score (nSPS) is 41.7. The lowest BCUT2D eigenvalue weighted by atomic mass is 9.63. The first-order chi connectivity index (χ1) is 16.0. The molecular weight excluding hydrogens is 431 g/mol. The Kier molecular flexibility index (Phi) is 8.15. The Morgan fingerprint density at radius 3 is 2.47 bits per heavy atom. The fraction of sp³-hybridized carbons (Fsp3) is 0.906. The minimum atomic E-state index is -0.993. The molecule has 7 unspecified atom stereocenters. The van der Waals surface area contributed by atoms with Gasteiger partial charge in [-0.25, -0.2) is 0 Å². The first-order valence-electron chi connectivity index (χ1n) is 15.0. The molecule has 194 valence electrons. The summed E-state index contributed by atoms with van der Waals surface area (Å²) in [6.07, 6.45) is 21.5. The van der Waals surface area contributed by atoms with E-state index in [-0.39, 0.29) is 0 Å². The van der Waals surface area contributed by atoms with Crippen LogP contribution in [0.3, 0.4) is 0 Å². The number of Topliss-reactive ketones (excluding diaryl/α,β-unsaturated/α-hetero) is 1. The van der Waals surface area contributed by atoms with Gasteiger partial charge in [0.2, 0.25) is 0 Å². The van der Waals surface area contributed by atoms with E-state index in [1.807, 2.05) is 0 Å². The summed E-state index contributed by atoms with van der Waals surface area (Å²) in [6.45, 7) is 17.3. The van der Waals surface area contributed by atoms with Crippen LogP contribution < -0.4 is 0 Å². The summed E-state index contributed by atoms with van der Waals surface area (Å²) in [6, 6.07) is 0. The van der Waals surface area contributed by atoms with E-state index in [0.717, 1.165) is 36.0 Å². The van der Waals surface area contributed by atoms with Gasteiger partial charge >= 0.3 is 0 Å². The number of ketones is 1. The summed E-state index contributed by atoms with van der Waals surface area (Å²) in [5, 5.41) is 0. The van der Waals surface area contributed by atoms with E-state index in [2.05, 4.69) is 54.3 Å². The SMILES string of the molecule is CC(C)CCCCC1CCC2C1(C)CCC1C3(C)CCC(CC(=O)CC(C)C)CC3=CC[P+]12C. The van der Waals surface area contributed by atoms with Gasteiger partial charge in [-0.05, 0) is 81.1 Å². The monoisotopic (exact) mass is 487 g/mol. The summed E-state index contributed by atoms with van der Waals surface area (Å²) in [5.41, 5.74) is 4.82. The average molecular weight is 488 g/mol. The molecule has 34 heavy (non-hydrogen) atoms. The van der Waals surface area contributed by atoms with Gasteiger partial charge in [-0.1, -0.05) is 66.4 Å². The van der Waals surface area contributed by atoms with Crippen molar-refractivity contribution >= 4 is 13.0 Å². The Bertz CT molecular complexity index is 767. The molecule has 7 atom stereocenters. The summed E-state index contributed by atoms with van der Waals surface area (Å²) in [7, 11) is -0.993. The molecule has 1 nitrogen and oxygen atoms in total. The minimum absolute atomic E-state index is 0.440.